The third-order valence-corrected chi connectivity index (χ3v) is 4.47. The van der Waals surface area contributed by atoms with E-state index in [1.165, 1.54) is 40.9 Å². The van der Waals surface area contributed by atoms with E-state index >= 15 is 0 Å². The van der Waals surface area contributed by atoms with Gasteiger partial charge in [0.1, 0.15) is 0 Å². The third kappa shape index (κ3) is 4.29. The molecule has 19 heavy (non-hydrogen) atoms. The zero-order valence-corrected chi connectivity index (χ0v) is 12.7. The van der Waals surface area contributed by atoms with Crippen LogP contribution < -0.4 is 5.32 Å². The van der Waals surface area contributed by atoms with Gasteiger partial charge in [-0.2, -0.15) is 0 Å². The average molecular weight is 276 g/mol. The molecule has 104 valence electrons. The normalized spacial score (nSPS) is 12.9. The van der Waals surface area contributed by atoms with Crippen molar-refractivity contribution in [3.05, 3.63) is 30.3 Å². The molecule has 0 bridgehead atoms. The maximum absolute atomic E-state index is 3.54. The summed E-state index contributed by atoms with van der Waals surface area (Å²) in [6, 6.07) is 11.4. The highest BCUT2D eigenvalue weighted by molar-refractivity contribution is 7.99. The van der Waals surface area contributed by atoms with Gasteiger partial charge < -0.3 is 10.3 Å². The fourth-order valence-electron chi connectivity index (χ4n) is 2.38. The summed E-state index contributed by atoms with van der Waals surface area (Å²) in [5.74, 6) is 1.19. The molecular formula is C16H24N2S. The maximum atomic E-state index is 3.54. The molecule has 2 rings (SSSR count). The molecule has 0 fully saturated rings. The summed E-state index contributed by atoms with van der Waals surface area (Å²) in [5.41, 5.74) is 1.24. The van der Waals surface area contributed by atoms with E-state index in [0.717, 1.165) is 6.54 Å². The van der Waals surface area contributed by atoms with Crippen LogP contribution in [0.25, 0.3) is 10.9 Å². The first-order valence-electron chi connectivity index (χ1n) is 7.27. The molecule has 0 radical (unpaired) electrons. The lowest BCUT2D eigenvalue weighted by molar-refractivity contribution is 0.477. The van der Waals surface area contributed by atoms with Gasteiger partial charge in [-0.3, -0.25) is 0 Å². The highest BCUT2D eigenvalue weighted by atomic mass is 32.2. The van der Waals surface area contributed by atoms with Gasteiger partial charge in [0.2, 0.25) is 0 Å². The topological polar surface area (TPSA) is 27.8 Å². The van der Waals surface area contributed by atoms with Crippen molar-refractivity contribution in [2.45, 2.75) is 44.2 Å². The van der Waals surface area contributed by atoms with Gasteiger partial charge in [0.25, 0.3) is 0 Å². The van der Waals surface area contributed by atoms with Crippen molar-refractivity contribution < 1.29 is 0 Å². The van der Waals surface area contributed by atoms with Crippen LogP contribution in [0.5, 0.6) is 0 Å². The number of aromatic nitrogens is 1. The predicted octanol–water partition coefficient (Wildman–Crippen LogP) is 4.43. The first kappa shape index (κ1) is 14.5. The van der Waals surface area contributed by atoms with E-state index in [9.17, 15) is 0 Å². The number of para-hydroxylation sites is 1. The van der Waals surface area contributed by atoms with Crippen molar-refractivity contribution in [3.8, 4) is 0 Å². The van der Waals surface area contributed by atoms with Crippen molar-refractivity contribution in [1.82, 2.24) is 10.3 Å². The van der Waals surface area contributed by atoms with Gasteiger partial charge in [0.15, 0.2) is 0 Å². The van der Waals surface area contributed by atoms with Crippen LogP contribution in [0.3, 0.4) is 0 Å². The molecule has 2 N–H and O–H groups in total. The molecule has 2 nitrogen and oxygen atoms in total. The molecule has 1 unspecified atom stereocenters. The monoisotopic (exact) mass is 276 g/mol. The lowest BCUT2D eigenvalue weighted by Gasteiger charge is -2.14. The molecule has 0 aliphatic heterocycles. The largest absolute Gasteiger partial charge is 0.350 e. The van der Waals surface area contributed by atoms with Crippen LogP contribution in [0.2, 0.25) is 0 Å². The number of hydrogen-bond acceptors (Lipinski definition) is 2. The Morgan fingerprint density at radius 3 is 2.84 bits per heavy atom. The zero-order valence-electron chi connectivity index (χ0n) is 11.9. The molecule has 0 aliphatic rings. The summed E-state index contributed by atoms with van der Waals surface area (Å²) in [4.78, 5) is 3.47. The summed E-state index contributed by atoms with van der Waals surface area (Å²) >= 11 is 1.93. The highest BCUT2D eigenvalue weighted by Crippen LogP contribution is 2.24. The molecule has 0 saturated carbocycles. The SMILES string of the molecule is CCNC(CC)CCCSc1cc2ccccc2[nH]1. The standard InChI is InChI=1S/C16H24N2S/c1-3-14(17-4-2)9-7-11-19-16-12-13-8-5-6-10-15(13)18-16/h5-6,8,10,12,14,17-18H,3-4,7,9,11H2,1-2H3. The van der Waals surface area contributed by atoms with Gasteiger partial charge in [0, 0.05) is 16.9 Å². The second kappa shape index (κ2) is 7.61. The Hall–Kier alpha value is -0.930. The first-order chi connectivity index (χ1) is 9.33. The number of rotatable bonds is 8. The lowest BCUT2D eigenvalue weighted by Crippen LogP contribution is -2.28. The summed E-state index contributed by atoms with van der Waals surface area (Å²) in [6.45, 7) is 5.52. The Kier molecular flexibility index (Phi) is 5.80. The van der Waals surface area contributed by atoms with E-state index in [4.69, 9.17) is 0 Å². The van der Waals surface area contributed by atoms with Gasteiger partial charge in [-0.1, -0.05) is 32.0 Å². The fraction of sp³-hybridized carbons (Fsp3) is 0.500. The molecular weight excluding hydrogens is 252 g/mol. The van der Waals surface area contributed by atoms with E-state index in [-0.39, 0.29) is 0 Å². The van der Waals surface area contributed by atoms with E-state index in [2.05, 4.69) is 54.5 Å². The molecule has 1 atom stereocenters. The number of thioether (sulfide) groups is 1. The number of H-pyrrole nitrogens is 1. The Balaban J connectivity index is 1.76. The Labute approximate surface area is 120 Å². The molecule has 0 spiro atoms. The van der Waals surface area contributed by atoms with Crippen LogP contribution in [0, 0.1) is 0 Å². The van der Waals surface area contributed by atoms with E-state index in [1.54, 1.807) is 0 Å². The second-order valence-electron chi connectivity index (χ2n) is 4.87. The number of benzene rings is 1. The molecule has 2 aromatic rings. The van der Waals surface area contributed by atoms with Crippen LogP contribution in [-0.2, 0) is 0 Å². The molecule has 1 aromatic heterocycles. The minimum atomic E-state index is 0.688. The quantitative estimate of drug-likeness (QED) is 0.551. The predicted molar refractivity (Wildman–Crippen MR) is 86.0 cm³/mol. The molecule has 1 aromatic carbocycles. The number of fused-ring (bicyclic) bond motifs is 1. The van der Waals surface area contributed by atoms with Crippen LogP contribution in [0.15, 0.2) is 35.4 Å². The Morgan fingerprint density at radius 1 is 1.26 bits per heavy atom. The smallest absolute Gasteiger partial charge is 0.0732 e. The number of hydrogen-bond donors (Lipinski definition) is 2. The van der Waals surface area contributed by atoms with Crippen molar-refractivity contribution in [1.29, 1.82) is 0 Å². The van der Waals surface area contributed by atoms with Gasteiger partial charge >= 0.3 is 0 Å². The Morgan fingerprint density at radius 2 is 2.11 bits per heavy atom. The molecule has 0 aliphatic carbocycles. The van der Waals surface area contributed by atoms with Gasteiger partial charge in [0.05, 0.1) is 5.03 Å². The van der Waals surface area contributed by atoms with Gasteiger partial charge in [-0.25, -0.2) is 0 Å². The summed E-state index contributed by atoms with van der Waals surface area (Å²) in [7, 11) is 0. The van der Waals surface area contributed by atoms with Crippen molar-refractivity contribution >= 4 is 22.7 Å². The second-order valence-corrected chi connectivity index (χ2v) is 6.01. The minimum absolute atomic E-state index is 0.688. The van der Waals surface area contributed by atoms with Crippen LogP contribution in [-0.4, -0.2) is 23.3 Å². The summed E-state index contributed by atoms with van der Waals surface area (Å²) in [6.07, 6.45) is 3.77. The van der Waals surface area contributed by atoms with Gasteiger partial charge in [-0.15, -0.1) is 11.8 Å². The molecule has 1 heterocycles. The minimum Gasteiger partial charge on any atom is -0.350 e. The molecule has 3 heteroatoms. The first-order valence-corrected chi connectivity index (χ1v) is 8.26. The average Bonchev–Trinajstić information content (AvgIpc) is 2.85. The number of aromatic amines is 1. The van der Waals surface area contributed by atoms with Crippen LogP contribution in [0.4, 0.5) is 0 Å². The lowest BCUT2D eigenvalue weighted by atomic mass is 10.1. The zero-order chi connectivity index (χ0) is 13.5. The fourth-order valence-corrected chi connectivity index (χ4v) is 3.30. The van der Waals surface area contributed by atoms with Crippen LogP contribution >= 0.6 is 11.8 Å². The van der Waals surface area contributed by atoms with E-state index in [0.29, 0.717) is 6.04 Å². The van der Waals surface area contributed by atoms with E-state index < -0.39 is 0 Å². The maximum Gasteiger partial charge on any atom is 0.0732 e. The summed E-state index contributed by atoms with van der Waals surface area (Å²) in [5, 5.41) is 6.13. The van der Waals surface area contributed by atoms with Crippen molar-refractivity contribution in [2.24, 2.45) is 0 Å². The summed E-state index contributed by atoms with van der Waals surface area (Å²) < 4.78 is 0. The van der Waals surface area contributed by atoms with Crippen LogP contribution in [0.1, 0.15) is 33.1 Å². The highest BCUT2D eigenvalue weighted by Gasteiger charge is 2.04. The van der Waals surface area contributed by atoms with Crippen molar-refractivity contribution in [3.63, 3.8) is 0 Å². The van der Waals surface area contributed by atoms with E-state index in [1.807, 2.05) is 11.8 Å². The third-order valence-electron chi connectivity index (χ3n) is 3.45. The van der Waals surface area contributed by atoms with Crippen molar-refractivity contribution in [2.75, 3.05) is 12.3 Å². The molecule has 0 amide bonds. The number of nitrogens with one attached hydrogen (secondary N) is 2. The van der Waals surface area contributed by atoms with Gasteiger partial charge in [-0.05, 0) is 43.7 Å². The Bertz CT molecular complexity index is 459. The molecule has 0 saturated heterocycles.